The number of morpholine rings is 1. The van der Waals surface area contributed by atoms with E-state index in [1.54, 1.807) is 6.20 Å². The molecule has 0 bridgehead atoms. The van der Waals surface area contributed by atoms with Gasteiger partial charge in [-0.05, 0) is 26.0 Å². The van der Waals surface area contributed by atoms with E-state index in [0.29, 0.717) is 24.2 Å². The highest BCUT2D eigenvalue weighted by atomic mass is 16.5. The number of aromatic nitrogens is 3. The summed E-state index contributed by atoms with van der Waals surface area (Å²) in [6.07, 6.45) is 7.40. The summed E-state index contributed by atoms with van der Waals surface area (Å²) in [5, 5.41) is 10.9. The van der Waals surface area contributed by atoms with Gasteiger partial charge in [0.1, 0.15) is 0 Å². The fourth-order valence-electron chi connectivity index (χ4n) is 3.96. The van der Waals surface area contributed by atoms with Crippen molar-refractivity contribution in [1.82, 2.24) is 25.0 Å². The second-order valence-corrected chi connectivity index (χ2v) is 7.35. The van der Waals surface area contributed by atoms with Crippen LogP contribution in [-0.2, 0) is 4.74 Å². The Hall–Kier alpha value is -2.64. The van der Waals surface area contributed by atoms with Crippen LogP contribution >= 0.6 is 0 Å². The molecule has 1 aliphatic rings. The van der Waals surface area contributed by atoms with E-state index in [9.17, 15) is 4.79 Å². The third kappa shape index (κ3) is 3.55. The number of fused-ring (bicyclic) bond motifs is 1. The van der Waals surface area contributed by atoms with E-state index in [-0.39, 0.29) is 5.91 Å². The molecule has 4 rings (SSSR count). The molecule has 1 fully saturated rings. The maximum absolute atomic E-state index is 12.9. The van der Waals surface area contributed by atoms with E-state index in [1.165, 1.54) is 0 Å². The number of amides is 1. The lowest BCUT2D eigenvalue weighted by molar-refractivity contribution is -0.0389. The standard InChI is InChI=1S/C21H27N5O2/c1-3-15-13-28-14-16(25(15)2)8-9-22-21(27)19-12-26(17-10-23-24-11-17)20-7-5-4-6-18(19)20/h4-7,10-12,15-16H,3,8-9,13-14H2,1-2H3,(H,22,27)(H,23,24)/t15-,16-/m0/s1. The zero-order chi connectivity index (χ0) is 19.5. The molecule has 1 saturated heterocycles. The van der Waals surface area contributed by atoms with Crippen LogP contribution in [0.4, 0.5) is 0 Å². The maximum Gasteiger partial charge on any atom is 0.253 e. The van der Waals surface area contributed by atoms with Gasteiger partial charge in [-0.25, -0.2) is 0 Å². The number of aromatic amines is 1. The summed E-state index contributed by atoms with van der Waals surface area (Å²) in [5.74, 6) is -0.0510. The summed E-state index contributed by atoms with van der Waals surface area (Å²) < 4.78 is 7.72. The molecule has 3 heterocycles. The number of nitrogens with one attached hydrogen (secondary N) is 2. The number of ether oxygens (including phenoxy) is 1. The highest BCUT2D eigenvalue weighted by Crippen LogP contribution is 2.24. The van der Waals surface area contributed by atoms with Gasteiger partial charge >= 0.3 is 0 Å². The van der Waals surface area contributed by atoms with Crippen LogP contribution in [0.2, 0.25) is 0 Å². The molecule has 0 unspecified atom stereocenters. The number of benzene rings is 1. The largest absolute Gasteiger partial charge is 0.378 e. The minimum Gasteiger partial charge on any atom is -0.378 e. The fourth-order valence-corrected chi connectivity index (χ4v) is 3.96. The van der Waals surface area contributed by atoms with Crippen molar-refractivity contribution in [3.8, 4) is 5.69 Å². The molecule has 0 aliphatic carbocycles. The van der Waals surface area contributed by atoms with E-state index in [0.717, 1.165) is 42.6 Å². The van der Waals surface area contributed by atoms with Gasteiger partial charge in [0, 0.05) is 36.4 Å². The van der Waals surface area contributed by atoms with Crippen LogP contribution in [0.25, 0.3) is 16.6 Å². The number of hydrogen-bond acceptors (Lipinski definition) is 4. The number of H-pyrrole nitrogens is 1. The molecule has 2 atom stereocenters. The molecular weight excluding hydrogens is 354 g/mol. The van der Waals surface area contributed by atoms with Gasteiger partial charge in [-0.15, -0.1) is 0 Å². The van der Waals surface area contributed by atoms with Crippen LogP contribution in [0.3, 0.4) is 0 Å². The second-order valence-electron chi connectivity index (χ2n) is 7.35. The molecule has 7 nitrogen and oxygen atoms in total. The Morgan fingerprint density at radius 2 is 2.14 bits per heavy atom. The smallest absolute Gasteiger partial charge is 0.253 e. The Bertz CT molecular complexity index is 934. The van der Waals surface area contributed by atoms with E-state index in [2.05, 4.69) is 34.4 Å². The molecule has 28 heavy (non-hydrogen) atoms. The van der Waals surface area contributed by atoms with E-state index >= 15 is 0 Å². The van der Waals surface area contributed by atoms with Crippen molar-refractivity contribution < 1.29 is 9.53 Å². The summed E-state index contributed by atoms with van der Waals surface area (Å²) in [6.45, 7) is 4.33. The zero-order valence-electron chi connectivity index (χ0n) is 16.4. The van der Waals surface area contributed by atoms with Crippen LogP contribution in [0.15, 0.2) is 42.9 Å². The van der Waals surface area contributed by atoms with E-state index in [1.807, 2.05) is 41.2 Å². The Morgan fingerprint density at radius 3 is 2.93 bits per heavy atom. The zero-order valence-corrected chi connectivity index (χ0v) is 16.4. The number of likely N-dealkylation sites (N-methyl/N-ethyl adjacent to an activating group) is 1. The molecule has 1 aliphatic heterocycles. The molecule has 2 N–H and O–H groups in total. The van der Waals surface area contributed by atoms with Crippen LogP contribution < -0.4 is 5.32 Å². The van der Waals surface area contributed by atoms with E-state index in [4.69, 9.17) is 4.74 Å². The van der Waals surface area contributed by atoms with Crippen molar-refractivity contribution in [2.75, 3.05) is 26.8 Å². The molecule has 0 radical (unpaired) electrons. The van der Waals surface area contributed by atoms with Crippen LogP contribution in [0.1, 0.15) is 30.1 Å². The van der Waals surface area contributed by atoms with Crippen molar-refractivity contribution in [2.45, 2.75) is 31.8 Å². The van der Waals surface area contributed by atoms with Crippen LogP contribution in [0.5, 0.6) is 0 Å². The third-order valence-corrected chi connectivity index (χ3v) is 5.73. The Labute approximate surface area is 164 Å². The molecule has 7 heteroatoms. The number of rotatable bonds is 6. The highest BCUT2D eigenvalue weighted by Gasteiger charge is 2.26. The minimum atomic E-state index is -0.0510. The van der Waals surface area contributed by atoms with Gasteiger partial charge in [0.25, 0.3) is 5.91 Å². The van der Waals surface area contributed by atoms with Gasteiger partial charge in [0.05, 0.1) is 36.2 Å². The summed E-state index contributed by atoms with van der Waals surface area (Å²) in [6, 6.07) is 8.73. The van der Waals surface area contributed by atoms with Gasteiger partial charge in [0.2, 0.25) is 0 Å². The lowest BCUT2D eigenvalue weighted by atomic mass is 10.1. The third-order valence-electron chi connectivity index (χ3n) is 5.73. The molecule has 1 amide bonds. The molecule has 3 aromatic rings. The minimum absolute atomic E-state index is 0.0510. The number of hydrogen-bond donors (Lipinski definition) is 2. The first kappa shape index (κ1) is 18.7. The average molecular weight is 381 g/mol. The van der Waals surface area contributed by atoms with Crippen LogP contribution in [-0.4, -0.2) is 64.5 Å². The summed E-state index contributed by atoms with van der Waals surface area (Å²) in [5.41, 5.74) is 2.57. The van der Waals surface area contributed by atoms with Gasteiger partial charge < -0.3 is 14.6 Å². The highest BCUT2D eigenvalue weighted by molar-refractivity contribution is 6.07. The molecule has 1 aromatic carbocycles. The number of para-hydroxylation sites is 1. The lowest BCUT2D eigenvalue weighted by Gasteiger charge is -2.39. The van der Waals surface area contributed by atoms with Crippen molar-refractivity contribution in [1.29, 1.82) is 0 Å². The SMILES string of the molecule is CC[C@H]1COC[C@H](CCNC(=O)c2cn(-c3cn[nH]c3)c3ccccc23)N1C. The van der Waals surface area contributed by atoms with Crippen LogP contribution in [0, 0.1) is 0 Å². The second kappa shape index (κ2) is 8.16. The first-order valence-corrected chi connectivity index (χ1v) is 9.86. The number of carbonyl (C=O) groups excluding carboxylic acids is 1. The first-order valence-electron chi connectivity index (χ1n) is 9.86. The first-order chi connectivity index (χ1) is 13.7. The fraction of sp³-hybridized carbons (Fsp3) is 0.429. The monoisotopic (exact) mass is 381 g/mol. The quantitative estimate of drug-likeness (QED) is 0.688. The van der Waals surface area contributed by atoms with Gasteiger partial charge in [-0.1, -0.05) is 25.1 Å². The average Bonchev–Trinajstić information content (AvgIpc) is 3.37. The summed E-state index contributed by atoms with van der Waals surface area (Å²) >= 11 is 0. The number of nitrogens with zero attached hydrogens (tertiary/aromatic N) is 3. The Kier molecular flexibility index (Phi) is 5.45. The predicted molar refractivity (Wildman–Crippen MR) is 109 cm³/mol. The lowest BCUT2D eigenvalue weighted by Crippen LogP contribution is -2.50. The van der Waals surface area contributed by atoms with Crippen molar-refractivity contribution in [3.05, 3.63) is 48.4 Å². The Morgan fingerprint density at radius 1 is 1.32 bits per heavy atom. The summed E-state index contributed by atoms with van der Waals surface area (Å²) in [4.78, 5) is 15.3. The predicted octanol–water partition coefficient (Wildman–Crippen LogP) is 2.58. The molecular formula is C21H27N5O2. The molecule has 148 valence electrons. The Balaban J connectivity index is 1.46. The molecule has 2 aromatic heterocycles. The van der Waals surface area contributed by atoms with Gasteiger partial charge in [-0.3, -0.25) is 14.8 Å². The topological polar surface area (TPSA) is 75.2 Å². The molecule has 0 saturated carbocycles. The van der Waals surface area contributed by atoms with Crippen molar-refractivity contribution in [3.63, 3.8) is 0 Å². The molecule has 0 spiro atoms. The van der Waals surface area contributed by atoms with Gasteiger partial charge in [-0.2, -0.15) is 5.10 Å². The van der Waals surface area contributed by atoms with Gasteiger partial charge in [0.15, 0.2) is 0 Å². The van der Waals surface area contributed by atoms with E-state index < -0.39 is 0 Å². The normalized spacial score (nSPS) is 20.5. The number of carbonyl (C=O) groups is 1. The van der Waals surface area contributed by atoms with Crippen molar-refractivity contribution >= 4 is 16.8 Å². The summed E-state index contributed by atoms with van der Waals surface area (Å²) in [7, 11) is 2.15. The maximum atomic E-state index is 12.9. The van der Waals surface area contributed by atoms with Crippen molar-refractivity contribution in [2.24, 2.45) is 0 Å².